The van der Waals surface area contributed by atoms with Crippen LogP contribution in [0.1, 0.15) is 18.3 Å². The lowest BCUT2D eigenvalue weighted by molar-refractivity contribution is 0.953. The Hall–Kier alpha value is -1.79. The van der Waals surface area contributed by atoms with E-state index in [1.807, 2.05) is 30.5 Å². The van der Waals surface area contributed by atoms with Crippen molar-refractivity contribution in [3.63, 3.8) is 0 Å². The van der Waals surface area contributed by atoms with E-state index in [0.717, 1.165) is 38.6 Å². The number of hydrogen-bond acceptors (Lipinski definition) is 6. The Balaban J connectivity index is 1.97. The number of nitrogens with zero attached hydrogens (tertiary/aromatic N) is 4. The van der Waals surface area contributed by atoms with E-state index in [0.29, 0.717) is 0 Å². The molecule has 0 bridgehead atoms. The van der Waals surface area contributed by atoms with Crippen LogP contribution in [0.5, 0.6) is 0 Å². The second kappa shape index (κ2) is 6.32. The van der Waals surface area contributed by atoms with Crippen molar-refractivity contribution >= 4 is 23.1 Å². The van der Waals surface area contributed by atoms with Crippen molar-refractivity contribution in [1.29, 1.82) is 0 Å². The van der Waals surface area contributed by atoms with Crippen molar-refractivity contribution < 1.29 is 0 Å². The van der Waals surface area contributed by atoms with Gasteiger partial charge in [-0.15, -0.1) is 11.3 Å². The molecule has 0 saturated carbocycles. The van der Waals surface area contributed by atoms with E-state index < -0.39 is 0 Å². The van der Waals surface area contributed by atoms with Crippen LogP contribution < -0.4 is 0 Å². The quantitative estimate of drug-likeness (QED) is 0.681. The van der Waals surface area contributed by atoms with Gasteiger partial charge in [0.2, 0.25) is 0 Å². The average molecular weight is 314 g/mol. The van der Waals surface area contributed by atoms with Gasteiger partial charge in [-0.2, -0.15) is 0 Å². The summed E-state index contributed by atoms with van der Waals surface area (Å²) < 4.78 is 1.01. The largest absolute Gasteiger partial charge is 0.265 e. The molecule has 106 valence electrons. The lowest BCUT2D eigenvalue weighted by atomic mass is 10.2. The molecule has 4 nitrogen and oxygen atoms in total. The van der Waals surface area contributed by atoms with Crippen LogP contribution in [0.3, 0.4) is 0 Å². The van der Waals surface area contributed by atoms with Crippen molar-refractivity contribution in [1.82, 2.24) is 19.9 Å². The van der Waals surface area contributed by atoms with Crippen LogP contribution in [-0.2, 0) is 6.42 Å². The van der Waals surface area contributed by atoms with Crippen LogP contribution in [0, 0.1) is 6.92 Å². The third-order valence-electron chi connectivity index (χ3n) is 2.85. The molecule has 0 saturated heterocycles. The Morgan fingerprint density at radius 2 is 1.95 bits per heavy atom. The van der Waals surface area contributed by atoms with Crippen LogP contribution in [-0.4, -0.2) is 19.9 Å². The predicted molar refractivity (Wildman–Crippen MR) is 85.6 cm³/mol. The van der Waals surface area contributed by atoms with E-state index in [9.17, 15) is 0 Å². The van der Waals surface area contributed by atoms with Gasteiger partial charge in [0, 0.05) is 34.7 Å². The average Bonchev–Trinajstić information content (AvgIpc) is 2.93. The Morgan fingerprint density at radius 3 is 2.62 bits per heavy atom. The number of thiazole rings is 1. The normalized spacial score (nSPS) is 10.8. The van der Waals surface area contributed by atoms with E-state index in [-0.39, 0.29) is 0 Å². The molecular formula is C15H14N4S2. The molecule has 0 aromatic carbocycles. The maximum Gasteiger partial charge on any atom is 0.160 e. The second-order valence-electron chi connectivity index (χ2n) is 4.47. The monoisotopic (exact) mass is 314 g/mol. The van der Waals surface area contributed by atoms with Crippen molar-refractivity contribution in [2.45, 2.75) is 29.6 Å². The molecule has 0 aliphatic carbocycles. The lowest BCUT2D eigenvalue weighted by Crippen LogP contribution is -1.96. The van der Waals surface area contributed by atoms with Gasteiger partial charge in [-0.05, 0) is 43.3 Å². The summed E-state index contributed by atoms with van der Waals surface area (Å²) in [7, 11) is 0. The van der Waals surface area contributed by atoms with Gasteiger partial charge in [-0.1, -0.05) is 6.92 Å². The molecule has 3 rings (SSSR count). The van der Waals surface area contributed by atoms with Crippen molar-refractivity contribution in [3.8, 4) is 11.4 Å². The maximum atomic E-state index is 4.65. The van der Waals surface area contributed by atoms with E-state index >= 15 is 0 Å². The highest BCUT2D eigenvalue weighted by Gasteiger charge is 2.09. The summed E-state index contributed by atoms with van der Waals surface area (Å²) in [6.07, 6.45) is 4.40. The highest BCUT2D eigenvalue weighted by Crippen LogP contribution is 2.30. The Labute approximate surface area is 131 Å². The zero-order chi connectivity index (χ0) is 14.7. The molecule has 0 fully saturated rings. The summed E-state index contributed by atoms with van der Waals surface area (Å²) in [5, 5.41) is 2.98. The number of aryl methyl sites for hydroxylation is 2. The molecule has 0 unspecified atom stereocenters. The Kier molecular flexibility index (Phi) is 4.26. The SMILES string of the molecule is CCc1cc(Sc2nc(C)cs2)nc(-c2ccncc2)n1. The van der Waals surface area contributed by atoms with Gasteiger partial charge in [0.05, 0.1) is 0 Å². The lowest BCUT2D eigenvalue weighted by Gasteiger charge is -2.05. The standard InChI is InChI=1S/C15H14N4S2/c1-3-12-8-13(21-15-17-10(2)9-20-15)19-14(18-12)11-4-6-16-7-5-11/h4-9H,3H2,1-2H3. The van der Waals surface area contributed by atoms with Crippen molar-refractivity contribution in [3.05, 3.63) is 47.4 Å². The minimum atomic E-state index is 0.743. The molecule has 0 aliphatic heterocycles. The predicted octanol–water partition coefficient (Wildman–Crippen LogP) is 4.02. The zero-order valence-corrected chi connectivity index (χ0v) is 13.4. The van der Waals surface area contributed by atoms with E-state index in [2.05, 4.69) is 26.9 Å². The molecule has 0 aliphatic rings. The summed E-state index contributed by atoms with van der Waals surface area (Å²) in [6, 6.07) is 5.89. The molecule has 0 radical (unpaired) electrons. The molecule has 0 spiro atoms. The van der Waals surface area contributed by atoms with E-state index in [1.165, 1.54) is 0 Å². The highest BCUT2D eigenvalue weighted by atomic mass is 32.2. The van der Waals surface area contributed by atoms with Gasteiger partial charge in [0.15, 0.2) is 10.2 Å². The van der Waals surface area contributed by atoms with Crippen molar-refractivity contribution in [2.75, 3.05) is 0 Å². The van der Waals surface area contributed by atoms with E-state index in [4.69, 9.17) is 0 Å². The van der Waals surface area contributed by atoms with Gasteiger partial charge in [0.1, 0.15) is 5.03 Å². The number of pyridine rings is 1. The Bertz CT molecular complexity index is 740. The second-order valence-corrected chi connectivity index (χ2v) is 6.59. The first-order valence-corrected chi connectivity index (χ1v) is 8.32. The topological polar surface area (TPSA) is 51.6 Å². The molecule has 0 N–H and O–H groups in total. The van der Waals surface area contributed by atoms with Gasteiger partial charge in [-0.25, -0.2) is 15.0 Å². The van der Waals surface area contributed by atoms with E-state index in [1.54, 1.807) is 35.5 Å². The van der Waals surface area contributed by atoms with Gasteiger partial charge < -0.3 is 0 Å². The molecule has 3 heterocycles. The summed E-state index contributed by atoms with van der Waals surface area (Å²) in [5.41, 5.74) is 3.06. The summed E-state index contributed by atoms with van der Waals surface area (Å²) >= 11 is 3.23. The van der Waals surface area contributed by atoms with Crippen molar-refractivity contribution in [2.24, 2.45) is 0 Å². The number of aromatic nitrogens is 4. The summed E-state index contributed by atoms with van der Waals surface area (Å²) in [6.45, 7) is 4.10. The minimum absolute atomic E-state index is 0.743. The van der Waals surface area contributed by atoms with Gasteiger partial charge >= 0.3 is 0 Å². The fraction of sp³-hybridized carbons (Fsp3) is 0.200. The zero-order valence-electron chi connectivity index (χ0n) is 11.8. The molecule has 21 heavy (non-hydrogen) atoms. The first-order chi connectivity index (χ1) is 10.2. The third kappa shape index (κ3) is 3.46. The van der Waals surface area contributed by atoms with Gasteiger partial charge in [0.25, 0.3) is 0 Å². The number of rotatable bonds is 4. The summed E-state index contributed by atoms with van der Waals surface area (Å²) in [5.74, 6) is 0.743. The fourth-order valence-corrected chi connectivity index (χ4v) is 3.61. The maximum absolute atomic E-state index is 4.65. The number of hydrogen-bond donors (Lipinski definition) is 0. The van der Waals surface area contributed by atoms with Crippen LogP contribution in [0.15, 0.2) is 45.3 Å². The summed E-state index contributed by atoms with van der Waals surface area (Å²) in [4.78, 5) is 17.8. The highest BCUT2D eigenvalue weighted by molar-refractivity contribution is 8.01. The van der Waals surface area contributed by atoms with Crippen LogP contribution in [0.25, 0.3) is 11.4 Å². The smallest absolute Gasteiger partial charge is 0.160 e. The molecular weight excluding hydrogens is 300 g/mol. The minimum Gasteiger partial charge on any atom is -0.265 e. The molecule has 0 amide bonds. The van der Waals surface area contributed by atoms with Gasteiger partial charge in [-0.3, -0.25) is 4.98 Å². The van der Waals surface area contributed by atoms with Crippen LogP contribution >= 0.6 is 23.1 Å². The Morgan fingerprint density at radius 1 is 1.14 bits per heavy atom. The third-order valence-corrected chi connectivity index (χ3v) is 4.82. The van der Waals surface area contributed by atoms with Crippen LogP contribution in [0.4, 0.5) is 0 Å². The fourth-order valence-electron chi connectivity index (χ4n) is 1.80. The van der Waals surface area contributed by atoms with Crippen LogP contribution in [0.2, 0.25) is 0 Å². The molecule has 6 heteroatoms. The first kappa shape index (κ1) is 14.2. The molecule has 3 aromatic heterocycles. The first-order valence-electron chi connectivity index (χ1n) is 6.63. The molecule has 3 aromatic rings. The molecule has 0 atom stereocenters.